The summed E-state index contributed by atoms with van der Waals surface area (Å²) in [6.07, 6.45) is 1.30. The van der Waals surface area contributed by atoms with Crippen molar-refractivity contribution in [3.8, 4) is 17.2 Å². The van der Waals surface area contributed by atoms with Crippen LogP contribution in [0.3, 0.4) is 0 Å². The SMILES string of the molecule is Cc1ccc(C(C)C)c(OCC(=O)N/N=C/c2ccc(OC(=O)c3ccc(Cl)cc3)cc2OC(=O)c2ccc(Cl)cc2)c1. The number of hydrogen-bond acceptors (Lipinski definition) is 7. The molecule has 0 aliphatic rings. The molecule has 0 spiro atoms. The van der Waals surface area contributed by atoms with Gasteiger partial charge in [-0.2, -0.15) is 5.10 Å². The first kappa shape index (κ1) is 31.3. The van der Waals surface area contributed by atoms with Crippen LogP contribution in [0.5, 0.6) is 17.2 Å². The van der Waals surface area contributed by atoms with Crippen LogP contribution in [-0.2, 0) is 4.79 Å². The van der Waals surface area contributed by atoms with Gasteiger partial charge >= 0.3 is 11.9 Å². The van der Waals surface area contributed by atoms with E-state index in [9.17, 15) is 14.4 Å². The number of nitrogens with one attached hydrogen (secondary N) is 1. The van der Waals surface area contributed by atoms with Gasteiger partial charge in [0.1, 0.15) is 17.2 Å². The highest BCUT2D eigenvalue weighted by molar-refractivity contribution is 6.31. The Kier molecular flexibility index (Phi) is 10.5. The molecule has 43 heavy (non-hydrogen) atoms. The molecule has 4 rings (SSSR count). The van der Waals surface area contributed by atoms with E-state index in [-0.39, 0.29) is 35.2 Å². The summed E-state index contributed by atoms with van der Waals surface area (Å²) in [4.78, 5) is 37.9. The summed E-state index contributed by atoms with van der Waals surface area (Å²) < 4.78 is 16.8. The quantitative estimate of drug-likeness (QED) is 0.0860. The zero-order valence-electron chi connectivity index (χ0n) is 23.6. The number of halogens is 2. The lowest BCUT2D eigenvalue weighted by Crippen LogP contribution is -2.25. The molecule has 0 saturated heterocycles. The normalized spacial score (nSPS) is 10.9. The number of amides is 1. The number of nitrogens with zero attached hydrogens (tertiary/aromatic N) is 1. The van der Waals surface area contributed by atoms with E-state index in [2.05, 4.69) is 10.5 Å². The van der Waals surface area contributed by atoms with E-state index in [1.165, 1.54) is 48.7 Å². The highest BCUT2D eigenvalue weighted by Crippen LogP contribution is 2.28. The molecule has 1 amide bonds. The second kappa shape index (κ2) is 14.5. The molecule has 0 bridgehead atoms. The third kappa shape index (κ3) is 8.91. The van der Waals surface area contributed by atoms with Crippen LogP contribution in [-0.4, -0.2) is 30.7 Å². The second-order valence-electron chi connectivity index (χ2n) is 9.77. The molecule has 1 N–H and O–H groups in total. The Morgan fingerprint density at radius 2 is 1.40 bits per heavy atom. The van der Waals surface area contributed by atoms with Gasteiger partial charge in [0.15, 0.2) is 6.61 Å². The van der Waals surface area contributed by atoms with Crippen molar-refractivity contribution in [3.05, 3.63) is 123 Å². The molecule has 10 heteroatoms. The molecule has 0 radical (unpaired) electrons. The Labute approximate surface area is 259 Å². The van der Waals surface area contributed by atoms with Gasteiger partial charge in [-0.15, -0.1) is 0 Å². The molecule has 4 aromatic rings. The molecule has 0 heterocycles. The number of hydrazone groups is 1. The van der Waals surface area contributed by atoms with Gasteiger partial charge in [-0.05, 0) is 90.7 Å². The third-order valence-electron chi connectivity index (χ3n) is 6.10. The maximum absolute atomic E-state index is 12.8. The minimum absolute atomic E-state index is 0.0388. The maximum Gasteiger partial charge on any atom is 0.343 e. The van der Waals surface area contributed by atoms with E-state index >= 15 is 0 Å². The number of carbonyl (C=O) groups is 3. The van der Waals surface area contributed by atoms with Crippen molar-refractivity contribution in [2.24, 2.45) is 5.10 Å². The fourth-order valence-electron chi connectivity index (χ4n) is 3.86. The van der Waals surface area contributed by atoms with Crippen molar-refractivity contribution in [2.75, 3.05) is 6.61 Å². The fourth-order valence-corrected chi connectivity index (χ4v) is 4.11. The average molecular weight is 620 g/mol. The molecule has 220 valence electrons. The fraction of sp³-hybridized carbons (Fsp3) is 0.152. The first-order valence-corrected chi connectivity index (χ1v) is 14.0. The van der Waals surface area contributed by atoms with E-state index in [1.807, 2.05) is 39.0 Å². The lowest BCUT2D eigenvalue weighted by atomic mass is 10.0. The minimum atomic E-state index is -0.677. The molecular weight excluding hydrogens is 591 g/mol. The van der Waals surface area contributed by atoms with Gasteiger partial charge in [-0.25, -0.2) is 15.0 Å². The van der Waals surface area contributed by atoms with Crippen LogP contribution in [0, 0.1) is 6.92 Å². The van der Waals surface area contributed by atoms with E-state index in [0.717, 1.165) is 11.1 Å². The topological polar surface area (TPSA) is 103 Å². The van der Waals surface area contributed by atoms with Gasteiger partial charge in [0.25, 0.3) is 5.91 Å². The number of rotatable bonds is 10. The molecule has 4 aromatic carbocycles. The second-order valence-corrected chi connectivity index (χ2v) is 10.6. The molecule has 0 saturated carbocycles. The predicted octanol–water partition coefficient (Wildman–Crippen LogP) is 7.39. The van der Waals surface area contributed by atoms with E-state index < -0.39 is 17.8 Å². The Morgan fingerprint density at radius 3 is 2.00 bits per heavy atom. The standard InChI is InChI=1S/C33H28Cl2N2O6/c1-20(2)28-15-4-21(3)16-30(28)41-19-31(38)37-36-18-24-9-14-27(42-32(39)22-5-10-25(34)11-6-22)17-29(24)43-33(40)23-7-12-26(35)13-8-23/h4-18,20H,19H2,1-3H3,(H,37,38)/b36-18+. The summed E-state index contributed by atoms with van der Waals surface area (Å²) in [5, 5.41) is 4.93. The summed E-state index contributed by atoms with van der Waals surface area (Å²) in [5.74, 6) is -0.780. The highest BCUT2D eigenvalue weighted by atomic mass is 35.5. The maximum atomic E-state index is 12.8. The molecule has 8 nitrogen and oxygen atoms in total. The number of hydrogen-bond donors (Lipinski definition) is 1. The Bertz CT molecular complexity index is 1650. The van der Waals surface area contributed by atoms with Crippen molar-refractivity contribution in [1.82, 2.24) is 5.43 Å². The lowest BCUT2D eigenvalue weighted by Gasteiger charge is -2.14. The Balaban J connectivity index is 1.49. The predicted molar refractivity (Wildman–Crippen MR) is 166 cm³/mol. The van der Waals surface area contributed by atoms with Crippen molar-refractivity contribution in [2.45, 2.75) is 26.7 Å². The largest absolute Gasteiger partial charge is 0.483 e. The zero-order valence-corrected chi connectivity index (χ0v) is 25.1. The molecule has 0 fully saturated rings. The van der Waals surface area contributed by atoms with Crippen LogP contribution in [0.25, 0.3) is 0 Å². The summed E-state index contributed by atoms with van der Waals surface area (Å²) in [6, 6.07) is 22.6. The van der Waals surface area contributed by atoms with E-state index in [4.69, 9.17) is 37.4 Å². The number of ether oxygens (including phenoxy) is 3. The third-order valence-corrected chi connectivity index (χ3v) is 6.60. The van der Waals surface area contributed by atoms with Crippen molar-refractivity contribution in [1.29, 1.82) is 0 Å². The smallest absolute Gasteiger partial charge is 0.343 e. The monoisotopic (exact) mass is 618 g/mol. The first-order chi connectivity index (χ1) is 20.6. The average Bonchev–Trinajstić information content (AvgIpc) is 2.97. The van der Waals surface area contributed by atoms with Crippen molar-refractivity contribution >= 4 is 47.3 Å². The highest BCUT2D eigenvalue weighted by Gasteiger charge is 2.16. The van der Waals surface area contributed by atoms with Gasteiger partial charge < -0.3 is 14.2 Å². The van der Waals surface area contributed by atoms with Crippen LogP contribution in [0.4, 0.5) is 0 Å². The Morgan fingerprint density at radius 1 is 0.791 bits per heavy atom. The van der Waals surface area contributed by atoms with E-state index in [0.29, 0.717) is 21.4 Å². The number of esters is 2. The molecule has 0 aromatic heterocycles. The summed E-state index contributed by atoms with van der Waals surface area (Å²) in [6.45, 7) is 5.79. The molecule has 0 unspecified atom stereocenters. The van der Waals surface area contributed by atoms with Crippen LogP contribution in [0.1, 0.15) is 57.2 Å². The number of benzene rings is 4. The molecule has 0 aliphatic carbocycles. The van der Waals surface area contributed by atoms with Crippen LogP contribution in [0.15, 0.2) is 90.0 Å². The van der Waals surface area contributed by atoms with Crippen molar-refractivity contribution in [3.63, 3.8) is 0 Å². The number of carbonyl (C=O) groups excluding carboxylic acids is 3. The lowest BCUT2D eigenvalue weighted by molar-refractivity contribution is -0.123. The summed E-state index contributed by atoms with van der Waals surface area (Å²) in [5.41, 5.74) is 5.28. The van der Waals surface area contributed by atoms with Crippen LogP contribution in [0.2, 0.25) is 10.0 Å². The van der Waals surface area contributed by atoms with E-state index in [1.54, 1.807) is 24.3 Å². The summed E-state index contributed by atoms with van der Waals surface area (Å²) in [7, 11) is 0. The van der Waals surface area contributed by atoms with Gasteiger partial charge in [0.05, 0.1) is 17.3 Å². The molecular formula is C33H28Cl2N2O6. The summed E-state index contributed by atoms with van der Waals surface area (Å²) >= 11 is 11.8. The van der Waals surface area contributed by atoms with Crippen LogP contribution < -0.4 is 19.6 Å². The van der Waals surface area contributed by atoms with Gasteiger partial charge in [-0.3, -0.25) is 4.79 Å². The van der Waals surface area contributed by atoms with Gasteiger partial charge in [0, 0.05) is 21.7 Å². The molecule has 0 atom stereocenters. The Hall–Kier alpha value is -4.66. The van der Waals surface area contributed by atoms with Gasteiger partial charge in [-0.1, -0.05) is 49.2 Å². The van der Waals surface area contributed by atoms with Gasteiger partial charge in [0.2, 0.25) is 0 Å². The molecule has 0 aliphatic heterocycles. The number of aryl methyl sites for hydroxylation is 1. The van der Waals surface area contributed by atoms with Crippen LogP contribution >= 0.6 is 23.2 Å². The minimum Gasteiger partial charge on any atom is -0.483 e. The zero-order chi connectivity index (χ0) is 30.9. The first-order valence-electron chi connectivity index (χ1n) is 13.2. The van der Waals surface area contributed by atoms with Crippen molar-refractivity contribution < 1.29 is 28.6 Å².